The third kappa shape index (κ3) is 2.37. The fourth-order valence-electron chi connectivity index (χ4n) is 4.24. The van der Waals surface area contributed by atoms with E-state index in [0.29, 0.717) is 11.4 Å². The van der Waals surface area contributed by atoms with E-state index in [1.54, 1.807) is 23.2 Å². The van der Waals surface area contributed by atoms with Gasteiger partial charge in [0.15, 0.2) is 0 Å². The third-order valence-corrected chi connectivity index (χ3v) is 5.54. The highest BCUT2D eigenvalue weighted by Crippen LogP contribution is 2.51. The Morgan fingerprint density at radius 1 is 1.10 bits per heavy atom. The van der Waals surface area contributed by atoms with E-state index >= 15 is 0 Å². The molecule has 2 amide bonds. The predicted molar refractivity (Wildman–Crippen MR) is 103 cm³/mol. The second-order valence-corrected chi connectivity index (χ2v) is 7.12. The van der Waals surface area contributed by atoms with Crippen LogP contribution in [0.2, 0.25) is 0 Å². The summed E-state index contributed by atoms with van der Waals surface area (Å²) in [5, 5.41) is 20.4. The van der Waals surface area contributed by atoms with Gasteiger partial charge < -0.3 is 10.2 Å². The van der Waals surface area contributed by atoms with Crippen LogP contribution in [0.25, 0.3) is 0 Å². The number of carbonyl (C=O) groups excluding carboxylic acids is 2. The summed E-state index contributed by atoms with van der Waals surface area (Å²) in [4.78, 5) is 38.2. The largest absolute Gasteiger partial charge is 0.311 e. The number of hydrogen-bond donors (Lipinski definition) is 2. The maximum absolute atomic E-state index is 13.7. The highest BCUT2D eigenvalue weighted by Gasteiger charge is 2.56. The van der Waals surface area contributed by atoms with Crippen molar-refractivity contribution in [2.45, 2.75) is 18.4 Å². The Kier molecular flexibility index (Phi) is 3.54. The first-order valence-corrected chi connectivity index (χ1v) is 8.99. The number of aromatic nitrogens is 2. The van der Waals surface area contributed by atoms with Gasteiger partial charge in [-0.05, 0) is 17.2 Å². The zero-order valence-electron chi connectivity index (χ0n) is 15.1. The van der Waals surface area contributed by atoms with Crippen LogP contribution in [-0.4, -0.2) is 26.9 Å². The summed E-state index contributed by atoms with van der Waals surface area (Å²) in [6.45, 7) is 0.240. The Morgan fingerprint density at radius 2 is 1.86 bits per heavy atom. The van der Waals surface area contributed by atoms with Gasteiger partial charge in [-0.1, -0.05) is 30.3 Å². The summed E-state index contributed by atoms with van der Waals surface area (Å²) < 4.78 is 0. The number of fused-ring (bicyclic) bond motifs is 4. The van der Waals surface area contributed by atoms with Crippen molar-refractivity contribution in [1.29, 1.82) is 0 Å². The topological polar surface area (TPSA) is 121 Å². The van der Waals surface area contributed by atoms with Crippen molar-refractivity contribution in [3.8, 4) is 0 Å². The second kappa shape index (κ2) is 5.99. The summed E-state index contributed by atoms with van der Waals surface area (Å²) in [5.74, 6) is -0.0433. The van der Waals surface area contributed by atoms with Crippen molar-refractivity contribution in [3.05, 3.63) is 81.5 Å². The number of nitro groups is 1. The van der Waals surface area contributed by atoms with Crippen LogP contribution in [0.15, 0.2) is 54.7 Å². The number of para-hydroxylation sites is 1. The zero-order valence-corrected chi connectivity index (χ0v) is 15.1. The number of H-pyrrole nitrogens is 1. The van der Waals surface area contributed by atoms with Crippen molar-refractivity contribution in [3.63, 3.8) is 0 Å². The smallest absolute Gasteiger partial charge is 0.269 e. The molecule has 3 aromatic rings. The Bertz CT molecular complexity index is 1170. The monoisotopic (exact) mass is 389 g/mol. The standard InChI is InChI=1S/C20H15N5O4/c26-17-9-20(15-10-21-23-18(15)22-17)14-3-1-2-4-16(14)24(19(20)27)11-12-5-7-13(8-6-12)25(28)29/h1-8,10H,9,11H2,(H2,21,22,23,26)/t20-/m0/s1. The number of anilines is 2. The third-order valence-electron chi connectivity index (χ3n) is 5.54. The first-order valence-electron chi connectivity index (χ1n) is 8.99. The zero-order chi connectivity index (χ0) is 20.2. The normalized spacial score (nSPS) is 19.8. The number of rotatable bonds is 3. The molecular weight excluding hydrogens is 374 g/mol. The van der Waals surface area contributed by atoms with Crippen LogP contribution in [0.4, 0.5) is 17.2 Å². The number of carbonyl (C=O) groups is 2. The molecule has 0 radical (unpaired) electrons. The number of hydrogen-bond acceptors (Lipinski definition) is 5. The summed E-state index contributed by atoms with van der Waals surface area (Å²) >= 11 is 0. The molecule has 0 saturated carbocycles. The summed E-state index contributed by atoms with van der Waals surface area (Å²) in [5.41, 5.74) is 1.72. The van der Waals surface area contributed by atoms with Crippen molar-refractivity contribution < 1.29 is 14.5 Å². The average molecular weight is 389 g/mol. The molecule has 1 spiro atoms. The molecule has 2 aliphatic rings. The lowest BCUT2D eigenvalue weighted by atomic mass is 9.72. The molecule has 2 aliphatic heterocycles. The minimum absolute atomic E-state index is 0.00780. The van der Waals surface area contributed by atoms with Gasteiger partial charge in [-0.15, -0.1) is 0 Å². The molecule has 3 heterocycles. The molecule has 2 N–H and O–H groups in total. The molecule has 5 rings (SSSR count). The van der Waals surface area contributed by atoms with E-state index < -0.39 is 10.3 Å². The van der Waals surface area contributed by atoms with Crippen LogP contribution in [0, 0.1) is 10.1 Å². The quantitative estimate of drug-likeness (QED) is 0.527. The van der Waals surface area contributed by atoms with Gasteiger partial charge in [0.25, 0.3) is 5.69 Å². The Labute approximate surface area is 164 Å². The van der Waals surface area contributed by atoms with Gasteiger partial charge in [0, 0.05) is 29.8 Å². The second-order valence-electron chi connectivity index (χ2n) is 7.12. The van der Waals surface area contributed by atoms with E-state index in [4.69, 9.17) is 0 Å². The van der Waals surface area contributed by atoms with Gasteiger partial charge in [0.2, 0.25) is 11.8 Å². The average Bonchev–Trinajstić information content (AvgIpc) is 3.27. The first-order chi connectivity index (χ1) is 14.0. The minimum atomic E-state index is -1.14. The number of nitro benzene ring substituents is 1. The molecule has 1 aromatic heterocycles. The van der Waals surface area contributed by atoms with Crippen LogP contribution >= 0.6 is 0 Å². The number of nitrogens with zero attached hydrogens (tertiary/aromatic N) is 3. The number of nitrogens with one attached hydrogen (secondary N) is 2. The number of amides is 2. The van der Waals surface area contributed by atoms with Crippen molar-refractivity contribution in [1.82, 2.24) is 10.2 Å². The molecule has 1 atom stereocenters. The summed E-state index contributed by atoms with van der Waals surface area (Å²) in [7, 11) is 0. The molecule has 0 aliphatic carbocycles. The van der Waals surface area contributed by atoms with E-state index in [0.717, 1.165) is 16.8 Å². The van der Waals surface area contributed by atoms with E-state index in [9.17, 15) is 19.7 Å². The minimum Gasteiger partial charge on any atom is -0.311 e. The van der Waals surface area contributed by atoms with Crippen molar-refractivity contribution >= 4 is 29.0 Å². The highest BCUT2D eigenvalue weighted by atomic mass is 16.6. The molecule has 9 nitrogen and oxygen atoms in total. The van der Waals surface area contributed by atoms with Crippen LogP contribution in [0.1, 0.15) is 23.1 Å². The maximum Gasteiger partial charge on any atom is 0.269 e. The molecule has 2 aromatic carbocycles. The van der Waals surface area contributed by atoms with Gasteiger partial charge in [-0.25, -0.2) is 0 Å². The van der Waals surface area contributed by atoms with Crippen molar-refractivity contribution in [2.24, 2.45) is 0 Å². The van der Waals surface area contributed by atoms with E-state index in [-0.39, 0.29) is 30.5 Å². The van der Waals surface area contributed by atoms with E-state index in [2.05, 4.69) is 15.5 Å². The fraction of sp³-hybridized carbons (Fsp3) is 0.150. The van der Waals surface area contributed by atoms with E-state index in [1.165, 1.54) is 12.1 Å². The molecule has 9 heteroatoms. The number of non-ortho nitro benzene ring substituents is 1. The molecule has 29 heavy (non-hydrogen) atoms. The molecule has 0 fully saturated rings. The highest BCUT2D eigenvalue weighted by molar-refractivity contribution is 6.15. The fourth-order valence-corrected chi connectivity index (χ4v) is 4.24. The molecule has 144 valence electrons. The Hall–Kier alpha value is -4.01. The van der Waals surface area contributed by atoms with Gasteiger partial charge in [-0.2, -0.15) is 5.10 Å². The number of benzene rings is 2. The van der Waals surface area contributed by atoms with Crippen LogP contribution in [0.5, 0.6) is 0 Å². The van der Waals surface area contributed by atoms with Crippen LogP contribution in [0.3, 0.4) is 0 Å². The van der Waals surface area contributed by atoms with E-state index in [1.807, 2.05) is 24.3 Å². The van der Waals surface area contributed by atoms with Crippen LogP contribution in [-0.2, 0) is 21.5 Å². The Balaban J connectivity index is 1.61. The number of aromatic amines is 1. The molecule has 0 bridgehead atoms. The van der Waals surface area contributed by atoms with Gasteiger partial charge in [0.1, 0.15) is 11.2 Å². The van der Waals surface area contributed by atoms with Gasteiger partial charge in [0.05, 0.1) is 17.7 Å². The molecular formula is C20H15N5O4. The van der Waals surface area contributed by atoms with Gasteiger partial charge >= 0.3 is 0 Å². The van der Waals surface area contributed by atoms with Crippen LogP contribution < -0.4 is 10.2 Å². The lowest BCUT2D eigenvalue weighted by Gasteiger charge is -2.31. The maximum atomic E-state index is 13.7. The predicted octanol–water partition coefficient (Wildman–Crippen LogP) is 2.49. The van der Waals surface area contributed by atoms with Gasteiger partial charge in [-0.3, -0.25) is 24.8 Å². The summed E-state index contributed by atoms with van der Waals surface area (Å²) in [6.07, 6.45) is 1.57. The molecule has 0 unspecified atom stereocenters. The lowest BCUT2D eigenvalue weighted by Crippen LogP contribution is -2.46. The first kappa shape index (κ1) is 17.1. The Morgan fingerprint density at radius 3 is 2.62 bits per heavy atom. The lowest BCUT2D eigenvalue weighted by molar-refractivity contribution is -0.384. The van der Waals surface area contributed by atoms with Crippen molar-refractivity contribution in [2.75, 3.05) is 10.2 Å². The summed E-state index contributed by atoms with van der Waals surface area (Å²) in [6, 6.07) is 13.5. The molecule has 0 saturated heterocycles. The SMILES string of the molecule is O=C1C[C@@]2(C(=O)N(Cc3ccc([N+](=O)[O-])cc3)c3ccccc32)c2cn[nH]c2N1.